The smallest absolute Gasteiger partial charge is 0.200 e. The third-order valence-electron chi connectivity index (χ3n) is 15.7. The molecule has 9 unspecified atom stereocenters. The Balaban J connectivity index is 0.000000362. The molecule has 0 amide bonds. The SMILES string of the molecule is C.CCO[Si](CC[Si](C)(O[Si](C)(C)C)O[Si](C)(CCC1CCC2OC2C1)O[Si](C)(C)O[Si](C)(C)C)(OCC)OCC.C[Si](C)(C)O[Si](C)(C)O[Si](C)(CCC1CCC2OC2C1)O[Si](C)(C)C.Cc1ccc([I-]c2ccc(C(C)C)cc2)cc1.[B]c1c(F)c(F)c(F)c(F)c1F. The number of hydrogen-bond acceptors (Lipinski definition) is 12. The fourth-order valence-electron chi connectivity index (χ4n) is 12.7. The van der Waals surface area contributed by atoms with Crippen LogP contribution in [-0.2, 0) is 51.6 Å². The number of aryl methyl sites for hydroxylation is 1. The van der Waals surface area contributed by atoms with E-state index >= 15 is 0 Å². The zero-order valence-corrected chi connectivity index (χ0v) is 74.2. The molecule has 2 saturated heterocycles. The summed E-state index contributed by atoms with van der Waals surface area (Å²) in [5.74, 6) is -8.21. The molecule has 0 bridgehead atoms. The van der Waals surface area contributed by atoms with Crippen LogP contribution in [0.15, 0.2) is 48.5 Å². The van der Waals surface area contributed by atoms with Crippen LogP contribution in [0.5, 0.6) is 0 Å². The summed E-state index contributed by atoms with van der Waals surface area (Å²) in [6.45, 7) is 57.0. The topological polar surface area (TPSA) is 117 Å². The summed E-state index contributed by atoms with van der Waals surface area (Å²) in [6, 6.07) is 21.6. The van der Waals surface area contributed by atoms with Crippen molar-refractivity contribution < 1.29 is 94.7 Å². The Morgan fingerprint density at radius 3 is 1.12 bits per heavy atom. The van der Waals surface area contributed by atoms with E-state index in [9.17, 15) is 22.0 Å². The maximum absolute atomic E-state index is 12.3. The number of halogens is 6. The van der Waals surface area contributed by atoms with E-state index in [0.29, 0.717) is 62.1 Å². The van der Waals surface area contributed by atoms with E-state index < -0.39 is 119 Å². The van der Waals surface area contributed by atoms with Gasteiger partial charge in [0.15, 0.2) is 62.4 Å². The number of rotatable bonds is 32. The summed E-state index contributed by atoms with van der Waals surface area (Å²) in [4.78, 5) is 0. The van der Waals surface area contributed by atoms with E-state index in [1.54, 1.807) is 0 Å². The van der Waals surface area contributed by atoms with Crippen molar-refractivity contribution >= 4 is 98.2 Å². The predicted octanol–water partition coefficient (Wildman–Crippen LogP) is 16.1. The van der Waals surface area contributed by atoms with Gasteiger partial charge in [0.05, 0.1) is 24.4 Å². The van der Waals surface area contributed by atoms with Gasteiger partial charge in [-0.05, 0) is 232 Å². The second-order valence-electron chi connectivity index (χ2n) is 31.3. The molecular weight excluding hydrogens is 1500 g/mol. The second-order valence-corrected chi connectivity index (χ2v) is 73.6. The van der Waals surface area contributed by atoms with Crippen molar-refractivity contribution in [3.8, 4) is 0 Å². The van der Waals surface area contributed by atoms with Gasteiger partial charge in [0.1, 0.15) is 7.85 Å². The maximum atomic E-state index is 12.3. The molecule has 0 spiro atoms. The van der Waals surface area contributed by atoms with Gasteiger partial charge < -0.3 is 51.6 Å². The monoisotopic (exact) mass is 1620 g/mol. The molecule has 2 aliphatic heterocycles. The largest absolute Gasteiger partial charge is 0.204 e. The van der Waals surface area contributed by atoms with E-state index in [2.05, 4.69) is 202 Å². The molecule has 7 rings (SSSR count). The molecule has 3 aromatic carbocycles. The summed E-state index contributed by atoms with van der Waals surface area (Å²) < 4.78 is 142. The molecular formula is C66H124BF5IO12Si10-. The van der Waals surface area contributed by atoms with Crippen molar-refractivity contribution in [1.82, 2.24) is 0 Å². The average molecular weight is 1620 g/mol. The normalized spacial score (nSPS) is 21.8. The molecule has 546 valence electrons. The van der Waals surface area contributed by atoms with Gasteiger partial charge in [0, 0.05) is 25.9 Å². The van der Waals surface area contributed by atoms with E-state index in [1.165, 1.54) is 63.2 Å². The first-order valence-electron chi connectivity index (χ1n) is 34.3. The Labute approximate surface area is 595 Å². The van der Waals surface area contributed by atoms with Crippen LogP contribution in [0.1, 0.15) is 110 Å². The minimum Gasteiger partial charge on any atom is -0.204 e. The van der Waals surface area contributed by atoms with Gasteiger partial charge in [0.25, 0.3) is 0 Å². The third kappa shape index (κ3) is 33.0. The Hall–Kier alpha value is -0.206. The molecule has 2 heterocycles. The summed E-state index contributed by atoms with van der Waals surface area (Å²) >= 11 is -0.0167. The Morgan fingerprint density at radius 2 is 0.779 bits per heavy atom. The number of ether oxygens (including phenoxy) is 2. The van der Waals surface area contributed by atoms with Crippen LogP contribution in [0.25, 0.3) is 0 Å². The Bertz CT molecular complexity index is 2680. The van der Waals surface area contributed by atoms with Crippen molar-refractivity contribution in [3.05, 3.63) is 95.9 Å². The van der Waals surface area contributed by atoms with Crippen LogP contribution in [-0.4, -0.2) is 137 Å². The van der Waals surface area contributed by atoms with Crippen LogP contribution >= 0.6 is 0 Å². The predicted molar refractivity (Wildman–Crippen MR) is 399 cm³/mol. The van der Waals surface area contributed by atoms with Crippen LogP contribution in [0.3, 0.4) is 0 Å². The first-order valence-corrected chi connectivity index (χ1v) is 65.2. The molecule has 29 heteroatoms. The number of hydrogen-bond donors (Lipinski definition) is 0. The Kier molecular flexibility index (Phi) is 35.1. The molecule has 2 radical (unpaired) electrons. The molecule has 12 nitrogen and oxygen atoms in total. The van der Waals surface area contributed by atoms with Crippen LogP contribution in [0.4, 0.5) is 22.0 Å². The van der Waals surface area contributed by atoms with E-state index in [-0.39, 0.29) is 28.6 Å². The zero-order chi connectivity index (χ0) is 71.3. The van der Waals surface area contributed by atoms with Gasteiger partial charge in [-0.15, -0.1) is 0 Å². The maximum Gasteiger partial charge on any atom is 0.200 e. The number of fused-ring (bicyclic) bond motifs is 2. The van der Waals surface area contributed by atoms with Crippen molar-refractivity contribution in [2.45, 2.75) is 279 Å². The minimum atomic E-state index is -2.84. The molecule has 0 aromatic heterocycles. The number of benzene rings is 3. The standard InChI is InChI=1S/C26H62O8Si6.C17H40O4Si4.C16H18I.C6BF5.CH4/c1-14-27-40(28-15-2,29-16-3)22-21-39(13,32-36(7,8)9)34-38(12,33-37(10,11)31-35(4,5)6)20-19-24-17-18-25-26(23-24)30-25;1-22(2,3)19-24(7,8)21-25(9,20-23(4,5)6)13-12-15-10-11-16-17(14-15)18-16;1-12(2)14-6-10-16(11-7-14)17-15-8-4-13(3)5-9-15;7-1-2(8)4(10)6(12)5(11)3(1)9;/h24-26H,14-23H2,1-13H3;15-17H,10-14H2,1-9H3;4-12H,1-3H3;;1H4/q;;-1;;. The fourth-order valence-corrected chi connectivity index (χ4v) is 61.1. The first kappa shape index (κ1) is 89.0. The summed E-state index contributed by atoms with van der Waals surface area (Å²) in [6.07, 6.45) is 11.9. The van der Waals surface area contributed by atoms with Crippen LogP contribution < -0.4 is 26.7 Å². The molecule has 95 heavy (non-hydrogen) atoms. The summed E-state index contributed by atoms with van der Waals surface area (Å²) in [5, 5.41) is 0. The van der Waals surface area contributed by atoms with Crippen LogP contribution in [0, 0.1) is 55.0 Å². The fraction of sp³-hybridized carbons (Fsp3) is 0.727. The molecule has 3 aromatic rings. The molecule has 2 aliphatic carbocycles. The second kappa shape index (κ2) is 37.5. The molecule has 9 atom stereocenters. The van der Waals surface area contributed by atoms with Crippen molar-refractivity contribution in [2.75, 3.05) is 19.8 Å². The third-order valence-corrected chi connectivity index (χ3v) is 53.5. The van der Waals surface area contributed by atoms with Crippen molar-refractivity contribution in [1.29, 1.82) is 0 Å². The first-order chi connectivity index (χ1) is 43.0. The van der Waals surface area contributed by atoms with Crippen molar-refractivity contribution in [3.63, 3.8) is 0 Å². The Morgan fingerprint density at radius 1 is 0.442 bits per heavy atom. The summed E-state index contributed by atoms with van der Waals surface area (Å²) in [7, 11) is -17.5. The van der Waals surface area contributed by atoms with E-state index in [0.717, 1.165) is 30.5 Å². The molecule has 0 N–H and O–H groups in total. The van der Waals surface area contributed by atoms with E-state index in [4.69, 9.17) is 51.6 Å². The van der Waals surface area contributed by atoms with Gasteiger partial charge in [-0.1, -0.05) is 7.43 Å². The van der Waals surface area contributed by atoms with Crippen LogP contribution in [0.2, 0.25) is 149 Å². The molecule has 4 aliphatic rings. The molecule has 4 fully saturated rings. The van der Waals surface area contributed by atoms with Gasteiger partial charge in [-0.2, -0.15) is 0 Å². The zero-order valence-electron chi connectivity index (χ0n) is 62.0. The van der Waals surface area contributed by atoms with Gasteiger partial charge in [-0.25, -0.2) is 22.0 Å². The van der Waals surface area contributed by atoms with Gasteiger partial charge >= 0.3 is 166 Å². The van der Waals surface area contributed by atoms with Gasteiger partial charge in [0.2, 0.25) is 0 Å². The van der Waals surface area contributed by atoms with E-state index in [1.807, 2.05) is 20.8 Å². The minimum absolute atomic E-state index is 0. The average Bonchev–Trinajstić information content (AvgIpc) is 1.62. The number of epoxide rings is 2. The quantitative estimate of drug-likeness (QED) is 0.0148. The van der Waals surface area contributed by atoms with Gasteiger partial charge in [-0.3, -0.25) is 0 Å². The summed E-state index contributed by atoms with van der Waals surface area (Å²) in [5.41, 5.74) is 1.40. The molecule has 2 saturated carbocycles. The van der Waals surface area contributed by atoms with Crippen molar-refractivity contribution in [2.24, 2.45) is 11.8 Å².